The number of nitrogens with one attached hydrogen (secondary N) is 2. The van der Waals surface area contributed by atoms with Crippen LogP contribution in [0.1, 0.15) is 19.6 Å². The summed E-state index contributed by atoms with van der Waals surface area (Å²) in [6.07, 6.45) is 0.116. The summed E-state index contributed by atoms with van der Waals surface area (Å²) in [6, 6.07) is 0.867. The predicted molar refractivity (Wildman–Crippen MR) is 72.8 cm³/mol. The zero-order valence-electron chi connectivity index (χ0n) is 11.6. The van der Waals surface area contributed by atoms with E-state index >= 15 is 0 Å². The lowest BCUT2D eigenvalue weighted by Gasteiger charge is -2.17. The van der Waals surface area contributed by atoms with E-state index in [1.807, 2.05) is 0 Å². The Balaban J connectivity index is 2.12. The van der Waals surface area contributed by atoms with Crippen LogP contribution in [-0.2, 0) is 9.47 Å². The highest BCUT2D eigenvalue weighted by Crippen LogP contribution is 2.27. The lowest BCUT2D eigenvalue weighted by Crippen LogP contribution is -2.43. The molecule has 0 unspecified atom stereocenters. The summed E-state index contributed by atoms with van der Waals surface area (Å²) in [4.78, 5) is 36.4. The first-order valence-corrected chi connectivity index (χ1v) is 6.65. The van der Waals surface area contributed by atoms with Crippen LogP contribution in [0, 0.1) is 0 Å². The van der Waals surface area contributed by atoms with E-state index in [4.69, 9.17) is 15.2 Å². The molecule has 1 aliphatic rings. The van der Waals surface area contributed by atoms with Crippen LogP contribution >= 0.6 is 0 Å². The number of aromatic nitrogens is 2. The maximum absolute atomic E-state index is 11.7. The fourth-order valence-corrected chi connectivity index (χ4v) is 2.25. The summed E-state index contributed by atoms with van der Waals surface area (Å²) in [5.41, 5.74) is 4.56. The van der Waals surface area contributed by atoms with Crippen molar-refractivity contribution in [3.8, 4) is 0 Å². The van der Waals surface area contributed by atoms with Crippen molar-refractivity contribution >= 4 is 6.09 Å². The van der Waals surface area contributed by atoms with Crippen molar-refractivity contribution in [3.05, 3.63) is 33.1 Å². The second-order valence-electron chi connectivity index (χ2n) is 4.59. The number of rotatable bonds is 4. The molecule has 2 rings (SSSR count). The Kier molecular flexibility index (Phi) is 4.76. The molecule has 0 saturated carbocycles. The van der Waals surface area contributed by atoms with Gasteiger partial charge in [-0.3, -0.25) is 14.3 Å². The molecule has 9 heteroatoms. The largest absolute Gasteiger partial charge is 0.450 e. The monoisotopic (exact) mass is 298 g/mol. The van der Waals surface area contributed by atoms with Gasteiger partial charge in [0.2, 0.25) is 0 Å². The number of nitrogens with two attached hydrogens (primary N) is 1. The molecule has 1 aromatic rings. The molecule has 1 saturated heterocycles. The number of alkyl carbamates (subject to hydrolysis) is 1. The standard InChI is InChI=1S/C12H18N4O5/c1-2-20-12(19)14-7-5-10(21-8(7)6-13)16-4-3-9(17)15-11(16)18/h3-4,7-8,10H,2,5-6,13H2,1H3,(H,14,19)(H,15,17,18)/t7-,8+,10+/m0/s1. The fraction of sp³-hybridized carbons (Fsp3) is 0.583. The van der Waals surface area contributed by atoms with E-state index in [2.05, 4.69) is 10.3 Å². The summed E-state index contributed by atoms with van der Waals surface area (Å²) in [7, 11) is 0. The SMILES string of the molecule is CCOC(=O)N[C@H]1C[C@H](n2ccc(=O)[nH]c2=O)O[C@@H]1CN. The Bertz CT molecular complexity index is 610. The Morgan fingerprint density at radius 1 is 1.62 bits per heavy atom. The van der Waals surface area contributed by atoms with E-state index in [9.17, 15) is 14.4 Å². The number of carbonyl (C=O) groups excluding carboxylic acids is 1. The third-order valence-corrected chi connectivity index (χ3v) is 3.21. The third-order valence-electron chi connectivity index (χ3n) is 3.21. The van der Waals surface area contributed by atoms with Gasteiger partial charge in [0.1, 0.15) is 6.23 Å². The molecule has 1 fully saturated rings. The normalized spacial score (nSPS) is 24.8. The van der Waals surface area contributed by atoms with Crippen LogP contribution in [0.25, 0.3) is 0 Å². The van der Waals surface area contributed by atoms with Crippen molar-refractivity contribution in [2.24, 2.45) is 5.73 Å². The summed E-state index contributed by atoms with van der Waals surface area (Å²) in [5, 5.41) is 2.66. The van der Waals surface area contributed by atoms with Crippen molar-refractivity contribution in [1.29, 1.82) is 0 Å². The summed E-state index contributed by atoms with van der Waals surface area (Å²) >= 11 is 0. The molecular formula is C12H18N4O5. The van der Waals surface area contributed by atoms with E-state index < -0.39 is 29.7 Å². The highest BCUT2D eigenvalue weighted by molar-refractivity contribution is 5.67. The van der Waals surface area contributed by atoms with E-state index in [1.165, 1.54) is 16.8 Å². The first-order valence-electron chi connectivity index (χ1n) is 6.65. The minimum Gasteiger partial charge on any atom is -0.450 e. The Labute approximate surface area is 120 Å². The van der Waals surface area contributed by atoms with E-state index in [0.29, 0.717) is 6.42 Å². The van der Waals surface area contributed by atoms with Crippen LogP contribution in [-0.4, -0.2) is 40.9 Å². The fourth-order valence-electron chi connectivity index (χ4n) is 2.25. The van der Waals surface area contributed by atoms with Gasteiger partial charge in [0.15, 0.2) is 0 Å². The number of carbonyl (C=O) groups is 1. The molecule has 1 aliphatic heterocycles. The average molecular weight is 298 g/mol. The molecule has 116 valence electrons. The van der Waals surface area contributed by atoms with Crippen LogP contribution < -0.4 is 22.3 Å². The van der Waals surface area contributed by atoms with Crippen molar-refractivity contribution in [3.63, 3.8) is 0 Å². The molecule has 3 atom stereocenters. The van der Waals surface area contributed by atoms with Crippen LogP contribution in [0.4, 0.5) is 4.79 Å². The molecule has 0 spiro atoms. The van der Waals surface area contributed by atoms with Crippen molar-refractivity contribution in [2.45, 2.75) is 31.7 Å². The van der Waals surface area contributed by atoms with Gasteiger partial charge in [-0.1, -0.05) is 0 Å². The van der Waals surface area contributed by atoms with Crippen molar-refractivity contribution in [2.75, 3.05) is 13.2 Å². The zero-order valence-corrected chi connectivity index (χ0v) is 11.6. The topological polar surface area (TPSA) is 128 Å². The molecule has 9 nitrogen and oxygen atoms in total. The maximum Gasteiger partial charge on any atom is 0.407 e. The summed E-state index contributed by atoms with van der Waals surface area (Å²) in [6.45, 7) is 2.15. The van der Waals surface area contributed by atoms with E-state index in [1.54, 1.807) is 6.92 Å². The van der Waals surface area contributed by atoms with Crippen LogP contribution in [0.3, 0.4) is 0 Å². The number of aromatic amines is 1. The molecule has 2 heterocycles. The minimum absolute atomic E-state index is 0.186. The molecule has 0 aliphatic carbocycles. The lowest BCUT2D eigenvalue weighted by atomic mass is 10.1. The van der Waals surface area contributed by atoms with Crippen LogP contribution in [0.15, 0.2) is 21.9 Å². The Hall–Kier alpha value is -2.13. The minimum atomic E-state index is -0.602. The van der Waals surface area contributed by atoms with Gasteiger partial charge in [-0.05, 0) is 6.92 Å². The smallest absolute Gasteiger partial charge is 0.407 e. The zero-order chi connectivity index (χ0) is 15.4. The highest BCUT2D eigenvalue weighted by Gasteiger charge is 2.37. The number of nitrogens with zero attached hydrogens (tertiary/aromatic N) is 1. The van der Waals surface area contributed by atoms with Gasteiger partial charge in [0.05, 0.1) is 18.8 Å². The molecule has 0 aromatic carbocycles. The second kappa shape index (κ2) is 6.55. The Morgan fingerprint density at radius 3 is 3.00 bits per heavy atom. The van der Waals surface area contributed by atoms with Gasteiger partial charge in [0, 0.05) is 25.2 Å². The van der Waals surface area contributed by atoms with Crippen molar-refractivity contribution < 1.29 is 14.3 Å². The van der Waals surface area contributed by atoms with Crippen LogP contribution in [0.2, 0.25) is 0 Å². The molecule has 0 bridgehead atoms. The van der Waals surface area contributed by atoms with Gasteiger partial charge < -0.3 is 20.5 Å². The number of H-pyrrole nitrogens is 1. The molecule has 4 N–H and O–H groups in total. The number of amides is 1. The molecule has 21 heavy (non-hydrogen) atoms. The van der Waals surface area contributed by atoms with E-state index in [0.717, 1.165) is 0 Å². The summed E-state index contributed by atoms with van der Waals surface area (Å²) in [5.74, 6) is 0. The highest BCUT2D eigenvalue weighted by atomic mass is 16.6. The molecule has 1 aromatic heterocycles. The third kappa shape index (κ3) is 3.50. The molecule has 1 amide bonds. The van der Waals surface area contributed by atoms with Crippen LogP contribution in [0.5, 0.6) is 0 Å². The van der Waals surface area contributed by atoms with Gasteiger partial charge in [-0.25, -0.2) is 9.59 Å². The quantitative estimate of drug-likeness (QED) is 0.647. The first-order chi connectivity index (χ1) is 10.0. The first kappa shape index (κ1) is 15.3. The molecule has 0 radical (unpaired) electrons. The Morgan fingerprint density at radius 2 is 2.38 bits per heavy atom. The van der Waals surface area contributed by atoms with Gasteiger partial charge in [-0.15, -0.1) is 0 Å². The van der Waals surface area contributed by atoms with Gasteiger partial charge in [-0.2, -0.15) is 0 Å². The predicted octanol–water partition coefficient (Wildman–Crippen LogP) is -1.10. The average Bonchev–Trinajstić information content (AvgIpc) is 2.81. The second-order valence-corrected chi connectivity index (χ2v) is 4.59. The number of ether oxygens (including phenoxy) is 2. The number of hydrogen-bond acceptors (Lipinski definition) is 6. The van der Waals surface area contributed by atoms with Crippen molar-refractivity contribution in [1.82, 2.24) is 14.9 Å². The molecular weight excluding hydrogens is 280 g/mol. The summed E-state index contributed by atoms with van der Waals surface area (Å²) < 4.78 is 11.7. The lowest BCUT2D eigenvalue weighted by molar-refractivity contribution is 0.0000268. The number of hydrogen-bond donors (Lipinski definition) is 3. The van der Waals surface area contributed by atoms with E-state index in [-0.39, 0.29) is 19.2 Å². The van der Waals surface area contributed by atoms with Gasteiger partial charge in [0.25, 0.3) is 5.56 Å². The maximum atomic E-state index is 11.7. The van der Waals surface area contributed by atoms with Gasteiger partial charge >= 0.3 is 11.8 Å².